The molecule has 5 rings (SSSR count). The zero-order chi connectivity index (χ0) is 25.8. The molecule has 2 aromatic carbocycles. The molecule has 182 valence electrons. The predicted molar refractivity (Wildman–Crippen MR) is 137 cm³/mol. The lowest BCUT2D eigenvalue weighted by Gasteiger charge is -2.11. The molecule has 3 heterocycles. The molecular formula is C26H18N6O4S. The highest BCUT2D eigenvalue weighted by molar-refractivity contribution is 7.22. The molecule has 0 atom stereocenters. The van der Waals surface area contributed by atoms with E-state index in [9.17, 15) is 4.79 Å². The number of nitriles is 1. The van der Waals surface area contributed by atoms with Gasteiger partial charge in [-0.15, -0.1) is 0 Å². The van der Waals surface area contributed by atoms with E-state index in [0.717, 1.165) is 5.56 Å². The number of thiazole rings is 1. The van der Waals surface area contributed by atoms with E-state index in [1.807, 2.05) is 24.3 Å². The number of fused-ring (bicyclic) bond motifs is 1. The van der Waals surface area contributed by atoms with E-state index >= 15 is 0 Å². The maximum Gasteiger partial charge on any atom is 0.259 e. The second-order valence-corrected chi connectivity index (χ2v) is 8.52. The van der Waals surface area contributed by atoms with Crippen LogP contribution in [0.15, 0.2) is 67.0 Å². The van der Waals surface area contributed by atoms with Gasteiger partial charge >= 0.3 is 0 Å². The van der Waals surface area contributed by atoms with Gasteiger partial charge in [0.05, 0.1) is 43.8 Å². The second-order valence-electron chi connectivity index (χ2n) is 7.54. The number of benzene rings is 2. The minimum absolute atomic E-state index is 0.314. The minimum atomic E-state index is -0.395. The predicted octanol–water partition coefficient (Wildman–Crippen LogP) is 5.08. The van der Waals surface area contributed by atoms with Crippen LogP contribution >= 0.6 is 11.3 Å². The first-order valence-corrected chi connectivity index (χ1v) is 11.7. The molecule has 5 aromatic rings. The lowest BCUT2D eigenvalue weighted by molar-refractivity contribution is 0.102. The third-order valence-electron chi connectivity index (χ3n) is 5.33. The van der Waals surface area contributed by atoms with Crippen molar-refractivity contribution in [1.29, 1.82) is 5.26 Å². The van der Waals surface area contributed by atoms with Gasteiger partial charge < -0.3 is 14.2 Å². The summed E-state index contributed by atoms with van der Waals surface area (Å²) in [5.74, 6) is 1.36. The van der Waals surface area contributed by atoms with Crippen molar-refractivity contribution >= 4 is 32.7 Å². The summed E-state index contributed by atoms with van der Waals surface area (Å²) >= 11 is 1.20. The van der Waals surface area contributed by atoms with Crippen LogP contribution in [-0.4, -0.2) is 40.3 Å². The van der Waals surface area contributed by atoms with Crippen LogP contribution in [0.2, 0.25) is 0 Å². The number of rotatable bonds is 7. The minimum Gasteiger partial charge on any atom is -0.496 e. The highest BCUT2D eigenvalue weighted by Crippen LogP contribution is 2.34. The molecule has 0 spiro atoms. The number of methoxy groups -OCH3 is 2. The van der Waals surface area contributed by atoms with Crippen molar-refractivity contribution in [2.24, 2.45) is 0 Å². The summed E-state index contributed by atoms with van der Waals surface area (Å²) in [6.45, 7) is 0. The molecule has 11 heteroatoms. The Balaban J connectivity index is 1.40. The average Bonchev–Trinajstić information content (AvgIpc) is 3.34. The Labute approximate surface area is 215 Å². The van der Waals surface area contributed by atoms with Crippen LogP contribution < -0.4 is 19.5 Å². The molecule has 0 aliphatic heterocycles. The van der Waals surface area contributed by atoms with Crippen LogP contribution in [0.25, 0.3) is 21.5 Å². The summed E-state index contributed by atoms with van der Waals surface area (Å²) < 4.78 is 16.6. The maximum atomic E-state index is 13.2. The smallest absolute Gasteiger partial charge is 0.259 e. The number of anilines is 1. The van der Waals surface area contributed by atoms with Crippen molar-refractivity contribution in [3.05, 3.63) is 78.1 Å². The van der Waals surface area contributed by atoms with Gasteiger partial charge in [0.1, 0.15) is 16.1 Å². The Kier molecular flexibility index (Phi) is 6.56. The second kappa shape index (κ2) is 10.3. The van der Waals surface area contributed by atoms with Crippen molar-refractivity contribution in [2.75, 3.05) is 19.5 Å². The molecule has 10 nitrogen and oxygen atoms in total. The van der Waals surface area contributed by atoms with E-state index in [4.69, 9.17) is 19.5 Å². The molecule has 0 aliphatic rings. The van der Waals surface area contributed by atoms with Gasteiger partial charge in [0, 0.05) is 23.3 Å². The monoisotopic (exact) mass is 510 g/mol. The Morgan fingerprint density at radius 2 is 1.73 bits per heavy atom. The van der Waals surface area contributed by atoms with Gasteiger partial charge in [0.2, 0.25) is 5.88 Å². The molecule has 0 saturated heterocycles. The fourth-order valence-electron chi connectivity index (χ4n) is 3.59. The largest absolute Gasteiger partial charge is 0.496 e. The number of nitrogens with zero attached hydrogens (tertiary/aromatic N) is 5. The normalized spacial score (nSPS) is 10.5. The first kappa shape index (κ1) is 23.7. The molecule has 0 unspecified atom stereocenters. The summed E-state index contributed by atoms with van der Waals surface area (Å²) in [5.41, 5.74) is 2.67. The number of ether oxygens (including phenoxy) is 3. The third-order valence-corrected chi connectivity index (χ3v) is 6.21. The fraction of sp³-hybridized carbons (Fsp3) is 0.0769. The van der Waals surface area contributed by atoms with Crippen LogP contribution in [0.1, 0.15) is 15.9 Å². The standard InChI is InChI=1S/C26H18N6O4S/c1-34-20-6-4-3-5-16(20)17-13-28-29-14-18(17)24(33)32-26-30-19-8-10-23(31-25(19)37-26)36-21-9-7-15(12-27)11-22(21)35-2/h3-11,13-14H,1-2H3,(H,30,32,33). The van der Waals surface area contributed by atoms with E-state index < -0.39 is 5.91 Å². The number of hydrogen-bond acceptors (Lipinski definition) is 10. The van der Waals surface area contributed by atoms with Crippen LogP contribution in [-0.2, 0) is 0 Å². The highest BCUT2D eigenvalue weighted by Gasteiger charge is 2.18. The molecule has 0 radical (unpaired) electrons. The molecule has 0 bridgehead atoms. The zero-order valence-electron chi connectivity index (χ0n) is 19.6. The zero-order valence-corrected chi connectivity index (χ0v) is 20.4. The number of carbonyl (C=O) groups is 1. The van der Waals surface area contributed by atoms with Crippen LogP contribution in [0.3, 0.4) is 0 Å². The van der Waals surface area contributed by atoms with Gasteiger partial charge in [-0.2, -0.15) is 15.5 Å². The van der Waals surface area contributed by atoms with Crippen molar-refractivity contribution in [3.8, 4) is 40.3 Å². The quantitative estimate of drug-likeness (QED) is 0.318. The number of amides is 1. The summed E-state index contributed by atoms with van der Waals surface area (Å²) in [7, 11) is 3.06. The Hall–Kier alpha value is -5.08. The van der Waals surface area contributed by atoms with E-state index in [2.05, 4.69) is 31.6 Å². The van der Waals surface area contributed by atoms with E-state index in [1.54, 1.807) is 37.4 Å². The Bertz CT molecular complexity index is 1660. The van der Waals surface area contributed by atoms with Crippen molar-refractivity contribution in [2.45, 2.75) is 0 Å². The van der Waals surface area contributed by atoms with E-state index in [1.165, 1.54) is 30.8 Å². The fourth-order valence-corrected chi connectivity index (χ4v) is 4.42. The Morgan fingerprint density at radius 3 is 2.54 bits per heavy atom. The number of nitrogens with one attached hydrogen (secondary N) is 1. The van der Waals surface area contributed by atoms with Gasteiger partial charge in [0.25, 0.3) is 5.91 Å². The van der Waals surface area contributed by atoms with Gasteiger partial charge in [-0.25, -0.2) is 9.97 Å². The number of pyridine rings is 1. The Morgan fingerprint density at radius 1 is 0.919 bits per heavy atom. The van der Waals surface area contributed by atoms with Crippen molar-refractivity contribution < 1.29 is 19.0 Å². The van der Waals surface area contributed by atoms with Gasteiger partial charge in [-0.3, -0.25) is 10.1 Å². The molecule has 1 amide bonds. The first-order valence-electron chi connectivity index (χ1n) is 10.9. The van der Waals surface area contributed by atoms with Crippen molar-refractivity contribution in [1.82, 2.24) is 20.2 Å². The van der Waals surface area contributed by atoms with E-state index in [-0.39, 0.29) is 0 Å². The number of aromatic nitrogens is 4. The summed E-state index contributed by atoms with van der Waals surface area (Å²) in [4.78, 5) is 22.7. The van der Waals surface area contributed by atoms with Gasteiger partial charge in [0.15, 0.2) is 16.6 Å². The number of carbonyl (C=O) groups excluding carboxylic acids is 1. The van der Waals surface area contributed by atoms with Gasteiger partial charge in [-0.1, -0.05) is 29.5 Å². The molecule has 0 fully saturated rings. The SMILES string of the molecule is COc1cc(C#N)ccc1Oc1ccc2nc(NC(=O)c3cnncc3-c3ccccc3OC)sc2n1. The first-order chi connectivity index (χ1) is 18.1. The summed E-state index contributed by atoms with van der Waals surface area (Å²) in [6.07, 6.45) is 2.92. The summed E-state index contributed by atoms with van der Waals surface area (Å²) in [5, 5.41) is 20.1. The number of hydrogen-bond donors (Lipinski definition) is 1. The third kappa shape index (κ3) is 4.86. The highest BCUT2D eigenvalue weighted by atomic mass is 32.1. The molecule has 37 heavy (non-hydrogen) atoms. The average molecular weight is 511 g/mol. The lowest BCUT2D eigenvalue weighted by Crippen LogP contribution is -2.14. The maximum absolute atomic E-state index is 13.2. The molecule has 0 saturated carbocycles. The molecule has 3 aromatic heterocycles. The molecular weight excluding hydrogens is 492 g/mol. The topological polar surface area (TPSA) is 132 Å². The van der Waals surface area contributed by atoms with Crippen LogP contribution in [0.5, 0.6) is 23.1 Å². The summed E-state index contributed by atoms with van der Waals surface area (Å²) in [6, 6.07) is 17.7. The molecule has 1 N–H and O–H groups in total. The van der Waals surface area contributed by atoms with Gasteiger partial charge in [-0.05, 0) is 24.3 Å². The van der Waals surface area contributed by atoms with E-state index in [0.29, 0.717) is 55.3 Å². The number of para-hydroxylation sites is 1. The lowest BCUT2D eigenvalue weighted by atomic mass is 10.0. The van der Waals surface area contributed by atoms with Crippen LogP contribution in [0, 0.1) is 11.3 Å². The van der Waals surface area contributed by atoms with Crippen LogP contribution in [0.4, 0.5) is 5.13 Å². The molecule has 0 aliphatic carbocycles. The van der Waals surface area contributed by atoms with Crippen molar-refractivity contribution in [3.63, 3.8) is 0 Å².